The lowest BCUT2D eigenvalue weighted by molar-refractivity contribution is 0.0301. The molecular formula is C21H25FN4O4S. The molecule has 2 aliphatic heterocycles. The van der Waals surface area contributed by atoms with Crippen LogP contribution in [0.2, 0.25) is 0 Å². The van der Waals surface area contributed by atoms with Crippen molar-refractivity contribution >= 4 is 15.9 Å². The van der Waals surface area contributed by atoms with Crippen LogP contribution in [0.5, 0.6) is 0 Å². The van der Waals surface area contributed by atoms with Crippen molar-refractivity contribution in [1.29, 1.82) is 0 Å². The van der Waals surface area contributed by atoms with Gasteiger partial charge in [0.15, 0.2) is 0 Å². The Morgan fingerprint density at radius 3 is 2.61 bits per heavy atom. The second-order valence-corrected chi connectivity index (χ2v) is 9.80. The van der Waals surface area contributed by atoms with Crippen LogP contribution in [0.15, 0.2) is 29.3 Å². The molecule has 2 fully saturated rings. The maximum atomic E-state index is 13.4. The Bertz CT molecular complexity index is 1100. The topological polar surface area (TPSA) is 92.7 Å². The number of carbonyl (C=O) groups excluding carboxylic acids is 1. The van der Waals surface area contributed by atoms with Crippen molar-refractivity contribution in [2.45, 2.75) is 31.1 Å². The number of benzene rings is 1. The fourth-order valence-corrected chi connectivity index (χ4v) is 5.73. The number of hydrogen-bond donors (Lipinski definition) is 0. The third kappa shape index (κ3) is 4.32. The summed E-state index contributed by atoms with van der Waals surface area (Å²) in [5, 5.41) is 0. The molecule has 2 saturated heterocycles. The summed E-state index contributed by atoms with van der Waals surface area (Å²) < 4.78 is 46.1. The van der Waals surface area contributed by atoms with Crippen molar-refractivity contribution in [3.05, 3.63) is 52.9 Å². The zero-order chi connectivity index (χ0) is 22.2. The van der Waals surface area contributed by atoms with Gasteiger partial charge in [0.25, 0.3) is 5.91 Å². The molecule has 1 aromatic heterocycles. The summed E-state index contributed by atoms with van der Waals surface area (Å²) in [5.41, 5.74) is 1.41. The van der Waals surface area contributed by atoms with Crippen LogP contribution in [0.3, 0.4) is 0 Å². The number of aryl methyl sites for hydroxylation is 2. The van der Waals surface area contributed by atoms with Crippen LogP contribution in [0.1, 0.15) is 39.8 Å². The Morgan fingerprint density at radius 2 is 1.94 bits per heavy atom. The first-order chi connectivity index (χ1) is 14.8. The highest BCUT2D eigenvalue weighted by Crippen LogP contribution is 2.31. The zero-order valence-electron chi connectivity index (χ0n) is 17.5. The largest absolute Gasteiger partial charge is 0.378 e. The minimum Gasteiger partial charge on any atom is -0.378 e. The summed E-state index contributed by atoms with van der Waals surface area (Å²) in [6.45, 7) is 6.05. The summed E-state index contributed by atoms with van der Waals surface area (Å²) in [5.74, 6) is -0.215. The second kappa shape index (κ2) is 8.60. The number of sulfonamides is 1. The standard InChI is InChI=1S/C21H25FN4O4S/c1-14-11-17(22)3-4-19(14)31(28,29)26-6-5-16(13-26)20-23-12-18(15(2)24-20)21(27)25-7-9-30-10-8-25/h3-4,11-12,16H,5-10,13H2,1-2H3/t16-/m1/s1. The van der Waals surface area contributed by atoms with Crippen molar-refractivity contribution in [2.24, 2.45) is 0 Å². The number of halogens is 1. The molecule has 4 rings (SSSR count). The van der Waals surface area contributed by atoms with Crippen LogP contribution in [0.25, 0.3) is 0 Å². The average Bonchev–Trinajstić information content (AvgIpc) is 3.25. The van der Waals surface area contributed by atoms with Gasteiger partial charge in [0.1, 0.15) is 11.6 Å². The third-order valence-electron chi connectivity index (χ3n) is 5.80. The van der Waals surface area contributed by atoms with E-state index in [4.69, 9.17) is 4.74 Å². The van der Waals surface area contributed by atoms with Gasteiger partial charge in [-0.1, -0.05) is 0 Å². The molecule has 2 aromatic rings. The van der Waals surface area contributed by atoms with Gasteiger partial charge >= 0.3 is 0 Å². The number of nitrogens with zero attached hydrogens (tertiary/aromatic N) is 4. The minimum absolute atomic E-state index is 0.109. The van der Waals surface area contributed by atoms with Crippen LogP contribution in [-0.4, -0.2) is 72.9 Å². The van der Waals surface area contributed by atoms with Gasteiger partial charge in [-0.2, -0.15) is 4.31 Å². The summed E-state index contributed by atoms with van der Waals surface area (Å²) >= 11 is 0. The Balaban J connectivity index is 1.50. The van der Waals surface area contributed by atoms with Gasteiger partial charge in [-0.15, -0.1) is 0 Å². The SMILES string of the molecule is Cc1cc(F)ccc1S(=O)(=O)N1CC[C@@H](c2ncc(C(=O)N3CCOCC3)c(C)n2)C1. The lowest BCUT2D eigenvalue weighted by Crippen LogP contribution is -2.41. The molecule has 3 heterocycles. The van der Waals surface area contributed by atoms with Gasteiger partial charge < -0.3 is 9.64 Å². The van der Waals surface area contributed by atoms with Crippen LogP contribution in [-0.2, 0) is 14.8 Å². The smallest absolute Gasteiger partial charge is 0.257 e. The van der Waals surface area contributed by atoms with Crippen LogP contribution >= 0.6 is 0 Å². The summed E-state index contributed by atoms with van der Waals surface area (Å²) in [6, 6.07) is 3.68. The van der Waals surface area contributed by atoms with Crippen molar-refractivity contribution in [3.63, 3.8) is 0 Å². The Kier molecular flexibility index (Phi) is 6.05. The Labute approximate surface area is 181 Å². The molecule has 1 aromatic carbocycles. The van der Waals surface area contributed by atoms with E-state index in [0.29, 0.717) is 61.9 Å². The lowest BCUT2D eigenvalue weighted by Gasteiger charge is -2.27. The number of hydrogen-bond acceptors (Lipinski definition) is 6. The molecule has 0 saturated carbocycles. The molecule has 1 atom stereocenters. The Hall–Kier alpha value is -2.43. The normalized spacial score (nSPS) is 20.2. The maximum Gasteiger partial charge on any atom is 0.257 e. The van der Waals surface area contributed by atoms with Crippen molar-refractivity contribution < 1.29 is 22.3 Å². The van der Waals surface area contributed by atoms with E-state index in [9.17, 15) is 17.6 Å². The van der Waals surface area contributed by atoms with Gasteiger partial charge in [0.2, 0.25) is 10.0 Å². The molecule has 1 amide bonds. The van der Waals surface area contributed by atoms with Gasteiger partial charge in [0, 0.05) is 38.3 Å². The van der Waals surface area contributed by atoms with Crippen LogP contribution in [0, 0.1) is 19.7 Å². The summed E-state index contributed by atoms with van der Waals surface area (Å²) in [6.07, 6.45) is 2.12. The van der Waals surface area contributed by atoms with E-state index in [1.54, 1.807) is 18.7 Å². The fourth-order valence-electron chi connectivity index (χ4n) is 4.03. The predicted octanol–water partition coefficient (Wildman–Crippen LogP) is 1.88. The van der Waals surface area contributed by atoms with E-state index in [1.165, 1.54) is 22.6 Å². The third-order valence-corrected chi connectivity index (χ3v) is 7.82. The fraction of sp³-hybridized carbons (Fsp3) is 0.476. The first kappa shape index (κ1) is 21.8. The lowest BCUT2D eigenvalue weighted by atomic mass is 10.1. The number of morpholine rings is 1. The highest BCUT2D eigenvalue weighted by atomic mass is 32.2. The van der Waals surface area contributed by atoms with Gasteiger partial charge in [-0.05, 0) is 44.0 Å². The van der Waals surface area contributed by atoms with Crippen LogP contribution < -0.4 is 0 Å². The molecule has 2 aliphatic rings. The second-order valence-electron chi connectivity index (χ2n) is 7.89. The minimum atomic E-state index is -3.73. The number of ether oxygens (including phenoxy) is 1. The first-order valence-corrected chi connectivity index (χ1v) is 11.7. The van der Waals surface area contributed by atoms with Crippen LogP contribution in [0.4, 0.5) is 4.39 Å². The van der Waals surface area contributed by atoms with E-state index in [2.05, 4.69) is 9.97 Å². The maximum absolute atomic E-state index is 13.4. The molecule has 31 heavy (non-hydrogen) atoms. The number of amides is 1. The summed E-state index contributed by atoms with van der Waals surface area (Å²) in [7, 11) is -3.73. The predicted molar refractivity (Wildman–Crippen MR) is 111 cm³/mol. The quantitative estimate of drug-likeness (QED) is 0.709. The molecule has 8 nitrogen and oxygen atoms in total. The highest BCUT2D eigenvalue weighted by molar-refractivity contribution is 7.89. The molecule has 0 unspecified atom stereocenters. The number of rotatable bonds is 4. The van der Waals surface area contributed by atoms with Crippen molar-refractivity contribution in [2.75, 3.05) is 39.4 Å². The highest BCUT2D eigenvalue weighted by Gasteiger charge is 2.35. The van der Waals surface area contributed by atoms with E-state index in [1.807, 2.05) is 0 Å². The molecule has 166 valence electrons. The Morgan fingerprint density at radius 1 is 1.19 bits per heavy atom. The van der Waals surface area contributed by atoms with E-state index >= 15 is 0 Å². The molecule has 0 spiro atoms. The van der Waals surface area contributed by atoms with E-state index in [0.717, 1.165) is 6.07 Å². The molecule has 0 aliphatic carbocycles. The molecule has 0 radical (unpaired) electrons. The molecule has 0 bridgehead atoms. The average molecular weight is 449 g/mol. The zero-order valence-corrected chi connectivity index (χ0v) is 18.4. The molecule has 10 heteroatoms. The molecular weight excluding hydrogens is 423 g/mol. The molecule has 0 N–H and O–H groups in total. The van der Waals surface area contributed by atoms with Crippen molar-refractivity contribution in [1.82, 2.24) is 19.2 Å². The van der Waals surface area contributed by atoms with Gasteiger partial charge in [0.05, 0.1) is 29.4 Å². The first-order valence-electron chi connectivity index (χ1n) is 10.2. The number of aromatic nitrogens is 2. The number of carbonyl (C=O) groups is 1. The summed E-state index contributed by atoms with van der Waals surface area (Å²) in [4.78, 5) is 23.5. The van der Waals surface area contributed by atoms with Crippen molar-refractivity contribution in [3.8, 4) is 0 Å². The monoisotopic (exact) mass is 448 g/mol. The van der Waals surface area contributed by atoms with Gasteiger partial charge in [-0.3, -0.25) is 4.79 Å². The van der Waals surface area contributed by atoms with E-state index < -0.39 is 15.8 Å². The van der Waals surface area contributed by atoms with Gasteiger partial charge in [-0.25, -0.2) is 22.8 Å². The van der Waals surface area contributed by atoms with E-state index in [-0.39, 0.29) is 23.3 Å².